The Hall–Kier alpha value is -5.52. The Labute approximate surface area is 271 Å². The van der Waals surface area contributed by atoms with Crippen LogP contribution in [0.5, 0.6) is 11.5 Å². The second-order valence-electron chi connectivity index (χ2n) is 13.4. The van der Waals surface area contributed by atoms with Crippen molar-refractivity contribution in [3.05, 3.63) is 94.5 Å². The first kappa shape index (κ1) is 34.4. The van der Waals surface area contributed by atoms with Crippen molar-refractivity contribution in [2.24, 2.45) is 10.8 Å². The second kappa shape index (κ2) is 12.7. The molecule has 0 spiro atoms. The molecule has 12 nitrogen and oxygen atoms in total. The molecule has 0 fully saturated rings. The summed E-state index contributed by atoms with van der Waals surface area (Å²) in [5.41, 5.74) is -0.120. The number of phenols is 1. The van der Waals surface area contributed by atoms with Gasteiger partial charge in [-0.25, -0.2) is 9.59 Å². The van der Waals surface area contributed by atoms with Crippen molar-refractivity contribution in [3.63, 3.8) is 0 Å². The van der Waals surface area contributed by atoms with Crippen molar-refractivity contribution in [2.75, 3.05) is 0 Å². The predicted molar refractivity (Wildman–Crippen MR) is 168 cm³/mol. The lowest BCUT2D eigenvalue weighted by Gasteiger charge is -2.33. The van der Waals surface area contributed by atoms with Crippen LogP contribution in [0.25, 0.3) is 0 Å². The molecule has 12 heteroatoms. The molecule has 0 aromatic heterocycles. The van der Waals surface area contributed by atoms with Crippen LogP contribution in [0, 0.1) is 10.8 Å². The van der Waals surface area contributed by atoms with Gasteiger partial charge in [0.25, 0.3) is 23.6 Å². The topological polar surface area (TPSA) is 179 Å². The van der Waals surface area contributed by atoms with Crippen molar-refractivity contribution >= 4 is 35.6 Å². The summed E-state index contributed by atoms with van der Waals surface area (Å²) in [6.07, 6.45) is 0. The fraction of sp³-hybridized carbons (Fsp3) is 0.314. The fourth-order valence-corrected chi connectivity index (χ4v) is 5.52. The van der Waals surface area contributed by atoms with Crippen LogP contribution in [-0.2, 0) is 16.2 Å². The Balaban J connectivity index is 0.000000223. The first-order chi connectivity index (χ1) is 21.8. The monoisotopic (exact) mass is 644 g/mol. The van der Waals surface area contributed by atoms with Crippen molar-refractivity contribution in [3.8, 4) is 11.5 Å². The van der Waals surface area contributed by atoms with E-state index in [9.17, 15) is 44.1 Å². The molecule has 0 unspecified atom stereocenters. The Morgan fingerprint density at radius 2 is 1.06 bits per heavy atom. The molecule has 2 heterocycles. The van der Waals surface area contributed by atoms with Crippen LogP contribution in [0.2, 0.25) is 0 Å². The summed E-state index contributed by atoms with van der Waals surface area (Å²) < 4.78 is 5.71. The third kappa shape index (κ3) is 6.86. The lowest BCUT2D eigenvalue weighted by atomic mass is 9.85. The smallest absolute Gasteiger partial charge is 0.327 e. The normalized spacial score (nSPS) is 15.4. The van der Waals surface area contributed by atoms with Gasteiger partial charge in [0.15, 0.2) is 0 Å². The van der Waals surface area contributed by atoms with Gasteiger partial charge in [-0.1, -0.05) is 71.9 Å². The molecule has 0 bridgehead atoms. The number of benzene rings is 3. The summed E-state index contributed by atoms with van der Waals surface area (Å²) in [4.78, 5) is 74.8. The Bertz CT molecular complexity index is 1770. The van der Waals surface area contributed by atoms with Crippen LogP contribution >= 0.6 is 0 Å². The summed E-state index contributed by atoms with van der Waals surface area (Å²) in [6, 6.07) is 15.5. The number of carbonyl (C=O) groups excluding carboxylic acids is 4. The van der Waals surface area contributed by atoms with Crippen molar-refractivity contribution in [2.45, 2.75) is 60.2 Å². The highest BCUT2D eigenvalue weighted by atomic mass is 16.5. The van der Waals surface area contributed by atoms with Gasteiger partial charge in [0.05, 0.1) is 22.3 Å². The van der Waals surface area contributed by atoms with Crippen LogP contribution in [-0.4, -0.2) is 72.8 Å². The minimum absolute atomic E-state index is 0.0329. The van der Waals surface area contributed by atoms with Gasteiger partial charge in [-0.05, 0) is 52.8 Å². The number of hydrogen-bond acceptors (Lipinski definition) is 8. The first-order valence-corrected chi connectivity index (χ1v) is 14.7. The third-order valence-corrected chi connectivity index (χ3v) is 7.66. The third-order valence-electron chi connectivity index (χ3n) is 7.66. The molecular formula is C35H36N2O10. The fourth-order valence-electron chi connectivity index (χ4n) is 5.52. The molecule has 2 aliphatic rings. The van der Waals surface area contributed by atoms with Gasteiger partial charge in [0, 0.05) is 0 Å². The van der Waals surface area contributed by atoms with E-state index >= 15 is 0 Å². The highest BCUT2D eigenvalue weighted by Crippen LogP contribution is 2.35. The van der Waals surface area contributed by atoms with Gasteiger partial charge in [0.1, 0.15) is 30.2 Å². The summed E-state index contributed by atoms with van der Waals surface area (Å²) in [5.74, 6) is -4.68. The molecule has 2 aliphatic heterocycles. The minimum atomic E-state index is -1.27. The zero-order valence-corrected chi connectivity index (χ0v) is 26.8. The average molecular weight is 645 g/mol. The van der Waals surface area contributed by atoms with Crippen molar-refractivity contribution < 1.29 is 48.8 Å². The standard InChI is InChI=1S/C21H21NO5.C14H15NO5/c1-21(2,3)17(20(25)26)22-18(23)15-10-9-14(11-16(15)19(22)24)27-12-13-7-5-4-6-8-13;1-14(2,3)10(13(19)20)15-11(17)8-5-4-7(16)6-9(8)12(15)18/h4-11,17H,12H2,1-3H3,(H,25,26);4-6,10,16H,1-3H3,(H,19,20)/t17-;10-/m11/s1. The number of fused-ring (bicyclic) bond motifs is 2. The zero-order chi connectivity index (χ0) is 35.0. The molecule has 246 valence electrons. The van der Waals surface area contributed by atoms with E-state index in [1.54, 1.807) is 47.6 Å². The van der Waals surface area contributed by atoms with Gasteiger partial charge in [-0.3, -0.25) is 29.0 Å². The summed E-state index contributed by atoms with van der Waals surface area (Å²) >= 11 is 0. The molecular weight excluding hydrogens is 608 g/mol. The maximum absolute atomic E-state index is 12.8. The summed E-state index contributed by atoms with van der Waals surface area (Å²) in [5, 5.41) is 28.3. The van der Waals surface area contributed by atoms with Gasteiger partial charge >= 0.3 is 11.9 Å². The predicted octanol–water partition coefficient (Wildman–Crippen LogP) is 4.85. The largest absolute Gasteiger partial charge is 0.508 e. The molecule has 3 aromatic carbocycles. The van der Waals surface area contributed by atoms with Crippen LogP contribution in [0.15, 0.2) is 66.7 Å². The van der Waals surface area contributed by atoms with Crippen LogP contribution in [0.3, 0.4) is 0 Å². The number of hydrogen-bond donors (Lipinski definition) is 3. The molecule has 0 saturated carbocycles. The Morgan fingerprint density at radius 1 is 0.638 bits per heavy atom. The number of carboxylic acids is 2. The lowest BCUT2D eigenvalue weighted by molar-refractivity contribution is -0.146. The number of rotatable bonds is 7. The zero-order valence-electron chi connectivity index (χ0n) is 26.8. The number of carboxylic acid groups (broad SMARTS) is 2. The number of ether oxygens (including phenoxy) is 1. The molecule has 3 aromatic rings. The quantitative estimate of drug-likeness (QED) is 0.301. The van der Waals surface area contributed by atoms with Crippen LogP contribution < -0.4 is 4.74 Å². The molecule has 5 rings (SSSR count). The summed E-state index contributed by atoms with van der Waals surface area (Å²) in [6.45, 7) is 10.3. The van der Waals surface area contributed by atoms with Gasteiger partial charge in [0.2, 0.25) is 0 Å². The van der Waals surface area contributed by atoms with Crippen molar-refractivity contribution in [1.82, 2.24) is 9.80 Å². The summed E-state index contributed by atoms with van der Waals surface area (Å²) in [7, 11) is 0. The number of imide groups is 2. The van der Waals surface area contributed by atoms with Crippen LogP contribution in [0.4, 0.5) is 0 Å². The molecule has 3 N–H and O–H groups in total. The van der Waals surface area contributed by atoms with Gasteiger partial charge in [-0.15, -0.1) is 0 Å². The maximum atomic E-state index is 12.8. The van der Waals surface area contributed by atoms with E-state index in [1.807, 2.05) is 30.3 Å². The van der Waals surface area contributed by atoms with E-state index in [0.29, 0.717) is 12.4 Å². The van der Waals surface area contributed by atoms with Crippen LogP contribution in [0.1, 0.15) is 88.5 Å². The van der Waals surface area contributed by atoms with E-state index in [2.05, 4.69) is 0 Å². The minimum Gasteiger partial charge on any atom is -0.508 e. The molecule has 0 saturated heterocycles. The number of phenolic OH excluding ortho intramolecular Hbond substituents is 1. The molecule has 4 amide bonds. The second-order valence-corrected chi connectivity index (χ2v) is 13.4. The number of aromatic hydroxyl groups is 1. The number of carbonyl (C=O) groups is 6. The molecule has 0 radical (unpaired) electrons. The average Bonchev–Trinajstić information content (AvgIpc) is 3.35. The Kier molecular flexibility index (Phi) is 9.28. The lowest BCUT2D eigenvalue weighted by Crippen LogP contribution is -2.51. The van der Waals surface area contributed by atoms with E-state index in [0.717, 1.165) is 15.4 Å². The molecule has 0 aliphatic carbocycles. The first-order valence-electron chi connectivity index (χ1n) is 14.7. The van der Waals surface area contributed by atoms with E-state index in [-0.39, 0.29) is 28.0 Å². The number of nitrogens with zero attached hydrogens (tertiary/aromatic N) is 2. The highest BCUT2D eigenvalue weighted by Gasteiger charge is 2.49. The van der Waals surface area contributed by atoms with Gasteiger partial charge < -0.3 is 20.1 Å². The van der Waals surface area contributed by atoms with Gasteiger partial charge in [-0.2, -0.15) is 0 Å². The van der Waals surface area contributed by atoms with E-state index in [4.69, 9.17) is 4.74 Å². The number of amides is 4. The SMILES string of the molecule is CC(C)(C)[C@@H](C(=O)O)N1C(=O)c2ccc(O)cc2C1=O.CC(C)(C)[C@@H](C(=O)O)N1C(=O)c2ccc(OCc3ccccc3)cc2C1=O. The van der Waals surface area contributed by atoms with E-state index < -0.39 is 58.5 Å². The van der Waals surface area contributed by atoms with Crippen molar-refractivity contribution in [1.29, 1.82) is 0 Å². The number of aliphatic carboxylic acids is 2. The maximum Gasteiger partial charge on any atom is 0.327 e. The molecule has 2 atom stereocenters. The molecule has 47 heavy (non-hydrogen) atoms. The Morgan fingerprint density at radius 3 is 1.51 bits per heavy atom. The highest BCUT2D eigenvalue weighted by molar-refractivity contribution is 6.23. The van der Waals surface area contributed by atoms with E-state index in [1.165, 1.54) is 30.3 Å².